The molecule has 3 aromatic rings. The zero-order chi connectivity index (χ0) is 19.0. The summed E-state index contributed by atoms with van der Waals surface area (Å²) >= 11 is 1.71. The number of methoxy groups -OCH3 is 1. The minimum absolute atomic E-state index is 0.171. The van der Waals surface area contributed by atoms with Gasteiger partial charge in [-0.1, -0.05) is 6.58 Å². The number of hydrogen-bond donors (Lipinski definition) is 0. The zero-order valence-electron chi connectivity index (χ0n) is 15.1. The van der Waals surface area contributed by atoms with E-state index in [2.05, 4.69) is 25.6 Å². The van der Waals surface area contributed by atoms with Crippen molar-refractivity contribution >= 4 is 22.7 Å². The van der Waals surface area contributed by atoms with Crippen molar-refractivity contribution in [2.45, 2.75) is 6.92 Å². The Morgan fingerprint density at radius 1 is 1.07 bits per heavy atom. The smallest absolute Gasteiger partial charge is 0.231 e. The predicted octanol–water partition coefficient (Wildman–Crippen LogP) is 5.36. The Balaban J connectivity index is 1.70. The van der Waals surface area contributed by atoms with Crippen molar-refractivity contribution in [2.75, 3.05) is 13.9 Å². The van der Waals surface area contributed by atoms with Gasteiger partial charge in [0.05, 0.1) is 7.11 Å². The van der Waals surface area contributed by atoms with Gasteiger partial charge in [0.1, 0.15) is 5.75 Å². The van der Waals surface area contributed by atoms with E-state index < -0.39 is 0 Å². The lowest BCUT2D eigenvalue weighted by molar-refractivity contribution is 0.105. The monoisotopic (exact) mass is 378 g/mol. The molecule has 4 rings (SSSR count). The van der Waals surface area contributed by atoms with Crippen LogP contribution in [-0.4, -0.2) is 19.7 Å². The average molecular weight is 378 g/mol. The summed E-state index contributed by atoms with van der Waals surface area (Å²) in [5, 5.41) is 0. The number of ether oxygens (including phenoxy) is 3. The van der Waals surface area contributed by atoms with Crippen LogP contribution in [-0.2, 0) is 0 Å². The van der Waals surface area contributed by atoms with Crippen molar-refractivity contribution in [3.63, 3.8) is 0 Å². The summed E-state index contributed by atoms with van der Waals surface area (Å²) in [6.45, 7) is 6.29. The number of hydrogen-bond acceptors (Lipinski definition) is 5. The van der Waals surface area contributed by atoms with Crippen LogP contribution in [0.5, 0.6) is 17.2 Å². The van der Waals surface area contributed by atoms with E-state index in [0.29, 0.717) is 33.9 Å². The molecule has 0 amide bonds. The lowest BCUT2D eigenvalue weighted by Gasteiger charge is -2.12. The van der Waals surface area contributed by atoms with E-state index in [4.69, 9.17) is 14.2 Å². The zero-order valence-corrected chi connectivity index (χ0v) is 15.9. The fourth-order valence-corrected chi connectivity index (χ4v) is 3.88. The molecule has 0 fully saturated rings. The molecule has 0 saturated heterocycles. The van der Waals surface area contributed by atoms with Crippen molar-refractivity contribution in [2.24, 2.45) is 0 Å². The SMILES string of the molecule is C=C(C(=O)c1ccc2c(c1)OCO2)c1cc(-c2ccc(C)s2)ccc1OC. The summed E-state index contributed by atoms with van der Waals surface area (Å²) in [7, 11) is 1.59. The van der Waals surface area contributed by atoms with Gasteiger partial charge in [-0.15, -0.1) is 11.3 Å². The first-order valence-corrected chi connectivity index (χ1v) is 9.27. The maximum absolute atomic E-state index is 13.0. The highest BCUT2D eigenvalue weighted by Crippen LogP contribution is 2.37. The number of ketones is 1. The second-order valence-corrected chi connectivity index (χ2v) is 7.49. The minimum atomic E-state index is -0.175. The van der Waals surface area contributed by atoms with Crippen molar-refractivity contribution in [3.05, 3.63) is 71.1 Å². The third-order valence-corrected chi connectivity index (χ3v) is 5.51. The highest BCUT2D eigenvalue weighted by atomic mass is 32.1. The topological polar surface area (TPSA) is 44.8 Å². The van der Waals surface area contributed by atoms with Crippen LogP contribution in [0.25, 0.3) is 16.0 Å². The van der Waals surface area contributed by atoms with Crippen molar-refractivity contribution in [1.82, 2.24) is 0 Å². The Hall–Kier alpha value is -3.05. The molecule has 4 nitrogen and oxygen atoms in total. The van der Waals surface area contributed by atoms with Crippen LogP contribution in [0.4, 0.5) is 0 Å². The Morgan fingerprint density at radius 3 is 2.63 bits per heavy atom. The fourth-order valence-electron chi connectivity index (χ4n) is 3.02. The molecule has 0 unspecified atom stereocenters. The number of rotatable bonds is 5. The third-order valence-electron chi connectivity index (χ3n) is 4.46. The van der Waals surface area contributed by atoms with Gasteiger partial charge in [-0.25, -0.2) is 0 Å². The van der Waals surface area contributed by atoms with Gasteiger partial charge in [-0.2, -0.15) is 0 Å². The molecule has 1 aliphatic rings. The van der Waals surface area contributed by atoms with Crippen LogP contribution in [0, 0.1) is 6.92 Å². The fraction of sp³-hybridized carbons (Fsp3) is 0.136. The second-order valence-electron chi connectivity index (χ2n) is 6.20. The molecule has 0 aliphatic carbocycles. The molecule has 0 N–H and O–H groups in total. The second kappa shape index (κ2) is 6.93. The molecule has 0 bridgehead atoms. The number of allylic oxidation sites excluding steroid dienone is 1. The van der Waals surface area contributed by atoms with E-state index in [-0.39, 0.29) is 12.6 Å². The third kappa shape index (κ3) is 3.22. The predicted molar refractivity (Wildman–Crippen MR) is 107 cm³/mol. The van der Waals surface area contributed by atoms with E-state index in [0.717, 1.165) is 10.4 Å². The summed E-state index contributed by atoms with van der Waals surface area (Å²) in [6, 6.07) is 15.1. The summed E-state index contributed by atoms with van der Waals surface area (Å²) in [5.41, 5.74) is 2.59. The maximum Gasteiger partial charge on any atom is 0.231 e. The van der Waals surface area contributed by atoms with Gasteiger partial charge in [-0.05, 0) is 61.0 Å². The highest BCUT2D eigenvalue weighted by Gasteiger charge is 2.21. The molecule has 27 heavy (non-hydrogen) atoms. The summed E-state index contributed by atoms with van der Waals surface area (Å²) in [4.78, 5) is 15.4. The van der Waals surface area contributed by atoms with Crippen LogP contribution in [0.3, 0.4) is 0 Å². The molecule has 1 aromatic heterocycles. The highest BCUT2D eigenvalue weighted by molar-refractivity contribution is 7.15. The van der Waals surface area contributed by atoms with E-state index in [1.54, 1.807) is 36.6 Å². The van der Waals surface area contributed by atoms with Crippen LogP contribution >= 0.6 is 11.3 Å². The standard InChI is InChI=1S/C22H18O4S/c1-13-4-9-21(27-13)15-5-7-18(24-3)17(10-15)14(2)22(23)16-6-8-19-20(11-16)26-12-25-19/h4-11H,2,12H2,1,3H3. The first kappa shape index (κ1) is 17.4. The molecular formula is C22H18O4S. The molecule has 0 spiro atoms. The molecular weight excluding hydrogens is 360 g/mol. The first-order valence-electron chi connectivity index (χ1n) is 8.45. The van der Waals surface area contributed by atoms with Gasteiger partial charge < -0.3 is 14.2 Å². The quantitative estimate of drug-likeness (QED) is 0.443. The lowest BCUT2D eigenvalue weighted by Crippen LogP contribution is -2.03. The van der Waals surface area contributed by atoms with Crippen LogP contribution in [0.1, 0.15) is 20.8 Å². The average Bonchev–Trinajstić information content (AvgIpc) is 3.34. The molecule has 2 aromatic carbocycles. The summed E-state index contributed by atoms with van der Waals surface area (Å²) in [6.07, 6.45) is 0. The Labute approximate surface area is 161 Å². The van der Waals surface area contributed by atoms with Gasteiger partial charge in [0, 0.05) is 26.5 Å². The van der Waals surface area contributed by atoms with Gasteiger partial charge in [0.2, 0.25) is 6.79 Å². The van der Waals surface area contributed by atoms with Gasteiger partial charge >= 0.3 is 0 Å². The van der Waals surface area contributed by atoms with Crippen molar-refractivity contribution < 1.29 is 19.0 Å². The van der Waals surface area contributed by atoms with Crippen molar-refractivity contribution in [3.8, 4) is 27.7 Å². The van der Waals surface area contributed by atoms with Crippen molar-refractivity contribution in [1.29, 1.82) is 0 Å². The maximum atomic E-state index is 13.0. The molecule has 136 valence electrons. The van der Waals surface area contributed by atoms with Crippen LogP contribution < -0.4 is 14.2 Å². The minimum Gasteiger partial charge on any atom is -0.496 e. The summed E-state index contributed by atoms with van der Waals surface area (Å²) in [5.74, 6) is 1.66. The van der Waals surface area contributed by atoms with E-state index in [9.17, 15) is 4.79 Å². The Bertz CT molecular complexity index is 1050. The lowest BCUT2D eigenvalue weighted by atomic mass is 9.95. The molecule has 0 atom stereocenters. The molecule has 5 heteroatoms. The van der Waals surface area contributed by atoms with E-state index in [1.807, 2.05) is 18.2 Å². The number of thiophene rings is 1. The Morgan fingerprint density at radius 2 is 1.89 bits per heavy atom. The first-order chi connectivity index (χ1) is 13.1. The Kier molecular flexibility index (Phi) is 4.46. The number of aryl methyl sites for hydroxylation is 1. The van der Waals surface area contributed by atoms with Gasteiger partial charge in [0.25, 0.3) is 0 Å². The normalized spacial score (nSPS) is 12.1. The van der Waals surface area contributed by atoms with Crippen LogP contribution in [0.2, 0.25) is 0 Å². The number of carbonyl (C=O) groups is 1. The van der Waals surface area contributed by atoms with Crippen LogP contribution in [0.15, 0.2) is 55.1 Å². The van der Waals surface area contributed by atoms with Gasteiger partial charge in [0.15, 0.2) is 17.3 Å². The largest absolute Gasteiger partial charge is 0.496 e. The van der Waals surface area contributed by atoms with Gasteiger partial charge in [-0.3, -0.25) is 4.79 Å². The van der Waals surface area contributed by atoms with E-state index in [1.165, 1.54) is 4.88 Å². The molecule has 1 aliphatic heterocycles. The number of Topliss-reactive ketones (excluding diaryl/α,β-unsaturated/α-hetero) is 1. The number of carbonyl (C=O) groups excluding carboxylic acids is 1. The number of benzene rings is 2. The molecule has 0 saturated carbocycles. The van der Waals surface area contributed by atoms with E-state index >= 15 is 0 Å². The summed E-state index contributed by atoms with van der Waals surface area (Å²) < 4.78 is 16.1. The molecule has 2 heterocycles. The molecule has 0 radical (unpaired) electrons. The number of fused-ring (bicyclic) bond motifs is 1.